The number of oxazole rings is 2. The van der Waals surface area contributed by atoms with Crippen molar-refractivity contribution in [2.24, 2.45) is 0 Å². The van der Waals surface area contributed by atoms with Gasteiger partial charge in [-0.05, 0) is 60.4 Å². The maximum atomic E-state index is 12.8. The Morgan fingerprint density at radius 2 is 1.22 bits per heavy atom. The lowest BCUT2D eigenvalue weighted by Crippen LogP contribution is -2.41. The molecule has 0 spiro atoms. The van der Waals surface area contributed by atoms with Crippen LogP contribution >= 0.6 is 0 Å². The summed E-state index contributed by atoms with van der Waals surface area (Å²) in [5.41, 5.74) is 0.666. The molecule has 1 fully saturated rings. The number of alkyl halides is 6. The fraction of sp³-hybridized carbons (Fsp3) is 0.281. The minimum atomic E-state index is -4.40. The van der Waals surface area contributed by atoms with E-state index in [2.05, 4.69) is 9.97 Å². The van der Waals surface area contributed by atoms with E-state index in [1.54, 1.807) is 23.1 Å². The van der Waals surface area contributed by atoms with Crippen LogP contribution in [0.4, 0.5) is 26.3 Å². The van der Waals surface area contributed by atoms with Crippen LogP contribution in [0.15, 0.2) is 69.9 Å². The monoisotopic (exact) mass is 631 g/mol. The van der Waals surface area contributed by atoms with E-state index in [9.17, 15) is 31.1 Å². The van der Waals surface area contributed by atoms with Crippen LogP contribution in [-0.4, -0.2) is 40.0 Å². The van der Waals surface area contributed by atoms with Crippen LogP contribution < -0.4 is 0 Å². The average Bonchev–Trinajstić information content (AvgIpc) is 3.67. The van der Waals surface area contributed by atoms with E-state index in [-0.39, 0.29) is 30.9 Å². The molecule has 0 radical (unpaired) electrons. The van der Waals surface area contributed by atoms with E-state index in [0.717, 1.165) is 24.3 Å². The molecular weight excluding hydrogens is 604 g/mol. The molecule has 3 heterocycles. The first-order chi connectivity index (χ1) is 21.4. The van der Waals surface area contributed by atoms with Crippen LogP contribution in [0.2, 0.25) is 0 Å². The van der Waals surface area contributed by atoms with Crippen LogP contribution in [0.3, 0.4) is 0 Å². The van der Waals surface area contributed by atoms with Crippen molar-refractivity contribution in [3.8, 4) is 0 Å². The first-order valence-corrected chi connectivity index (χ1v) is 13.9. The molecule has 0 unspecified atom stereocenters. The summed E-state index contributed by atoms with van der Waals surface area (Å²) < 4.78 is 93.0. The number of hydrogen-bond donors (Lipinski definition) is 0. The van der Waals surface area contributed by atoms with Crippen molar-refractivity contribution >= 4 is 30.2 Å². The van der Waals surface area contributed by atoms with Crippen molar-refractivity contribution in [1.82, 2.24) is 14.9 Å². The molecule has 13 heteroatoms. The smallest absolute Gasteiger partial charge is 0.416 e. The second kappa shape index (κ2) is 13.6. The highest BCUT2D eigenvalue weighted by Crippen LogP contribution is 2.30. The van der Waals surface area contributed by atoms with Gasteiger partial charge in [0, 0.05) is 25.2 Å². The molecule has 0 N–H and O–H groups in total. The van der Waals surface area contributed by atoms with Crippen molar-refractivity contribution in [3.05, 3.63) is 106 Å². The zero-order valence-electron chi connectivity index (χ0n) is 23.6. The number of carbonyl (C=O) groups is 1. The third kappa shape index (κ3) is 8.94. The molecule has 0 bridgehead atoms. The fourth-order valence-corrected chi connectivity index (χ4v) is 4.59. The number of benzene rings is 2. The van der Waals surface area contributed by atoms with Gasteiger partial charge >= 0.3 is 12.4 Å². The molecule has 0 saturated carbocycles. The normalized spacial score (nSPS) is 15.0. The van der Waals surface area contributed by atoms with Crippen LogP contribution in [0, 0.1) is 0 Å². The van der Waals surface area contributed by atoms with Gasteiger partial charge in [-0.2, -0.15) is 26.3 Å². The molecule has 2 aromatic heterocycles. The van der Waals surface area contributed by atoms with E-state index in [0.29, 0.717) is 54.3 Å². The van der Waals surface area contributed by atoms with E-state index in [4.69, 9.17) is 13.6 Å². The summed E-state index contributed by atoms with van der Waals surface area (Å²) in [5, 5.41) is 0. The molecular formula is C32H27F6N3O4. The maximum absolute atomic E-state index is 12.8. The first-order valence-electron chi connectivity index (χ1n) is 13.9. The highest BCUT2D eigenvalue weighted by molar-refractivity contribution is 5.78. The minimum absolute atomic E-state index is 0.0465. The van der Waals surface area contributed by atoms with Gasteiger partial charge in [-0.3, -0.25) is 4.79 Å². The number of rotatable bonds is 9. The van der Waals surface area contributed by atoms with E-state index in [1.165, 1.54) is 42.9 Å². The molecule has 236 valence electrons. The molecule has 0 atom stereocenters. The summed E-state index contributed by atoms with van der Waals surface area (Å²) in [6, 6.07) is 9.41. The average molecular weight is 632 g/mol. The van der Waals surface area contributed by atoms with Gasteiger partial charge in [0.15, 0.2) is 0 Å². The van der Waals surface area contributed by atoms with E-state index in [1.807, 2.05) is 0 Å². The van der Waals surface area contributed by atoms with Crippen LogP contribution in [0.1, 0.15) is 58.3 Å². The Morgan fingerprint density at radius 3 is 1.71 bits per heavy atom. The van der Waals surface area contributed by atoms with Crippen molar-refractivity contribution in [2.75, 3.05) is 13.1 Å². The largest absolute Gasteiger partial charge is 0.445 e. The number of halogens is 6. The van der Waals surface area contributed by atoms with Crippen molar-refractivity contribution in [3.63, 3.8) is 0 Å². The summed E-state index contributed by atoms with van der Waals surface area (Å²) in [6.07, 6.45) is 1.52. The Kier molecular flexibility index (Phi) is 9.57. The standard InChI is InChI=1S/C32H27F6N3O4/c33-31(34,35)23-7-1-21(2-8-23)5-11-28-39-25(18-44-28)17-30(42)41-15-13-27(14-16-41)43-19-26-20-45-29(40-26)12-6-22-3-9-24(10-4-22)32(36,37)38/h1-12,18,20,27H,13-17,19H2/b11-5+,12-6+. The number of aromatic nitrogens is 2. The quantitative estimate of drug-likeness (QED) is 0.176. The Morgan fingerprint density at radius 1 is 0.756 bits per heavy atom. The highest BCUT2D eigenvalue weighted by Gasteiger charge is 2.30. The van der Waals surface area contributed by atoms with Crippen molar-refractivity contribution in [1.29, 1.82) is 0 Å². The molecule has 1 saturated heterocycles. The third-order valence-corrected chi connectivity index (χ3v) is 7.05. The highest BCUT2D eigenvalue weighted by atomic mass is 19.4. The molecule has 0 aliphatic carbocycles. The molecule has 7 nitrogen and oxygen atoms in total. The van der Waals surface area contributed by atoms with Crippen LogP contribution in [-0.2, 0) is 34.9 Å². The van der Waals surface area contributed by atoms with Gasteiger partial charge in [-0.15, -0.1) is 0 Å². The number of carbonyl (C=O) groups excluding carboxylic acids is 1. The van der Waals surface area contributed by atoms with Gasteiger partial charge < -0.3 is 18.5 Å². The Labute approximate surface area is 253 Å². The molecule has 1 aliphatic rings. The Balaban J connectivity index is 1.03. The van der Waals surface area contributed by atoms with Crippen molar-refractivity contribution < 1.29 is 44.7 Å². The summed E-state index contributed by atoms with van der Waals surface area (Å²) in [7, 11) is 0. The van der Waals surface area contributed by atoms with Crippen LogP contribution in [0.25, 0.3) is 24.3 Å². The Bertz CT molecular complexity index is 1630. The molecule has 1 amide bonds. The minimum Gasteiger partial charge on any atom is -0.445 e. The van der Waals surface area contributed by atoms with Gasteiger partial charge in [-0.1, -0.05) is 24.3 Å². The lowest BCUT2D eigenvalue weighted by atomic mass is 10.1. The van der Waals surface area contributed by atoms with E-state index < -0.39 is 23.5 Å². The summed E-state index contributed by atoms with van der Waals surface area (Å²) in [5.74, 6) is 0.414. The summed E-state index contributed by atoms with van der Waals surface area (Å²) in [6.45, 7) is 1.21. The molecule has 45 heavy (non-hydrogen) atoms. The third-order valence-electron chi connectivity index (χ3n) is 7.05. The summed E-state index contributed by atoms with van der Waals surface area (Å²) >= 11 is 0. The Hall–Kier alpha value is -4.65. The first kappa shape index (κ1) is 31.8. The molecule has 5 rings (SSSR count). The molecule has 2 aromatic carbocycles. The lowest BCUT2D eigenvalue weighted by molar-refractivity contribution is -0.138. The predicted molar refractivity (Wildman–Crippen MR) is 152 cm³/mol. The topological polar surface area (TPSA) is 81.6 Å². The van der Waals surface area contributed by atoms with E-state index >= 15 is 0 Å². The zero-order valence-corrected chi connectivity index (χ0v) is 23.6. The number of likely N-dealkylation sites (tertiary alicyclic amines) is 1. The number of nitrogens with zero attached hydrogens (tertiary/aromatic N) is 3. The van der Waals surface area contributed by atoms with Gasteiger partial charge in [-0.25, -0.2) is 9.97 Å². The van der Waals surface area contributed by atoms with Gasteiger partial charge in [0.1, 0.15) is 18.2 Å². The summed E-state index contributed by atoms with van der Waals surface area (Å²) in [4.78, 5) is 23.1. The zero-order chi connectivity index (χ0) is 32.0. The lowest BCUT2D eigenvalue weighted by Gasteiger charge is -2.31. The maximum Gasteiger partial charge on any atom is 0.416 e. The van der Waals surface area contributed by atoms with Crippen LogP contribution in [0.5, 0.6) is 0 Å². The number of piperidine rings is 1. The van der Waals surface area contributed by atoms with Gasteiger partial charge in [0.05, 0.1) is 36.0 Å². The van der Waals surface area contributed by atoms with Crippen molar-refractivity contribution in [2.45, 2.75) is 44.3 Å². The fourth-order valence-electron chi connectivity index (χ4n) is 4.59. The number of amides is 1. The van der Waals surface area contributed by atoms with Gasteiger partial charge in [0.25, 0.3) is 0 Å². The molecule has 4 aromatic rings. The molecule has 1 aliphatic heterocycles. The second-order valence-electron chi connectivity index (χ2n) is 10.3. The second-order valence-corrected chi connectivity index (χ2v) is 10.3. The number of hydrogen-bond acceptors (Lipinski definition) is 6. The van der Waals surface area contributed by atoms with Gasteiger partial charge in [0.2, 0.25) is 17.7 Å². The predicted octanol–water partition coefficient (Wildman–Crippen LogP) is 7.79. The SMILES string of the molecule is O=C(Cc1coc(/C=C/c2ccc(C(F)(F)F)cc2)n1)N1CCC(OCc2coc(/C=C/c3ccc(C(F)(F)F)cc3)n2)CC1. The number of ether oxygens (including phenoxy) is 1.